The maximum absolute atomic E-state index is 12.7. The number of hydrogen-bond acceptors (Lipinski definition) is 6. The van der Waals surface area contributed by atoms with Crippen molar-refractivity contribution < 1.29 is 23.8 Å². The van der Waals surface area contributed by atoms with E-state index >= 15 is 0 Å². The van der Waals surface area contributed by atoms with Gasteiger partial charge in [0.1, 0.15) is 0 Å². The maximum atomic E-state index is 12.7. The van der Waals surface area contributed by atoms with Crippen LogP contribution in [0.15, 0.2) is 60.9 Å². The Bertz CT molecular complexity index is 1110. The SMILES string of the molecule is CCOc1cc(C(=O)NCCc2ccc(-n3cccn3)cc2)ccc1OCC(=O)N1CCOCC1. The largest absolute Gasteiger partial charge is 0.490 e. The fourth-order valence-electron chi connectivity index (χ4n) is 3.74. The molecule has 0 radical (unpaired) electrons. The highest BCUT2D eigenvalue weighted by Gasteiger charge is 2.18. The third-order valence-corrected chi connectivity index (χ3v) is 5.63. The van der Waals surface area contributed by atoms with Crippen molar-refractivity contribution in [3.8, 4) is 17.2 Å². The van der Waals surface area contributed by atoms with Gasteiger partial charge < -0.3 is 24.4 Å². The lowest BCUT2D eigenvalue weighted by molar-refractivity contribution is -0.137. The smallest absolute Gasteiger partial charge is 0.260 e. The molecule has 35 heavy (non-hydrogen) atoms. The zero-order chi connectivity index (χ0) is 24.5. The van der Waals surface area contributed by atoms with Crippen molar-refractivity contribution >= 4 is 11.8 Å². The number of carbonyl (C=O) groups excluding carboxylic acids is 2. The lowest BCUT2D eigenvalue weighted by Crippen LogP contribution is -2.43. The Morgan fingerprint density at radius 3 is 2.57 bits per heavy atom. The third-order valence-electron chi connectivity index (χ3n) is 5.63. The van der Waals surface area contributed by atoms with Crippen LogP contribution in [0.5, 0.6) is 11.5 Å². The molecule has 3 aromatic rings. The molecule has 9 heteroatoms. The summed E-state index contributed by atoms with van der Waals surface area (Å²) in [6, 6.07) is 14.9. The van der Waals surface area contributed by atoms with Gasteiger partial charge in [0.2, 0.25) is 0 Å². The lowest BCUT2D eigenvalue weighted by atomic mass is 10.1. The van der Waals surface area contributed by atoms with Gasteiger partial charge in [0.15, 0.2) is 18.1 Å². The van der Waals surface area contributed by atoms with Crippen molar-refractivity contribution in [1.82, 2.24) is 20.0 Å². The molecule has 4 rings (SSSR count). The molecule has 2 aromatic carbocycles. The van der Waals surface area contributed by atoms with Crippen LogP contribution >= 0.6 is 0 Å². The van der Waals surface area contributed by atoms with Gasteiger partial charge in [-0.2, -0.15) is 5.10 Å². The minimum atomic E-state index is -0.199. The monoisotopic (exact) mass is 478 g/mol. The molecule has 0 bridgehead atoms. The van der Waals surface area contributed by atoms with Crippen molar-refractivity contribution in [2.24, 2.45) is 0 Å². The van der Waals surface area contributed by atoms with E-state index in [0.717, 1.165) is 11.3 Å². The van der Waals surface area contributed by atoms with Gasteiger partial charge in [-0.3, -0.25) is 9.59 Å². The molecule has 2 heterocycles. The molecule has 1 N–H and O–H groups in total. The number of aromatic nitrogens is 2. The van der Waals surface area contributed by atoms with Gasteiger partial charge >= 0.3 is 0 Å². The van der Waals surface area contributed by atoms with Gasteiger partial charge in [-0.25, -0.2) is 4.68 Å². The minimum Gasteiger partial charge on any atom is -0.490 e. The van der Waals surface area contributed by atoms with E-state index in [9.17, 15) is 9.59 Å². The van der Waals surface area contributed by atoms with E-state index in [0.29, 0.717) is 62.9 Å². The van der Waals surface area contributed by atoms with E-state index in [1.54, 1.807) is 34.0 Å². The quantitative estimate of drug-likeness (QED) is 0.481. The first kappa shape index (κ1) is 24.3. The number of nitrogens with one attached hydrogen (secondary N) is 1. The summed E-state index contributed by atoms with van der Waals surface area (Å²) in [4.78, 5) is 26.8. The predicted molar refractivity (Wildman–Crippen MR) is 130 cm³/mol. The molecule has 1 saturated heterocycles. The molecule has 0 unspecified atom stereocenters. The molecule has 0 spiro atoms. The van der Waals surface area contributed by atoms with Crippen molar-refractivity contribution in [3.63, 3.8) is 0 Å². The Morgan fingerprint density at radius 1 is 1.06 bits per heavy atom. The fraction of sp³-hybridized carbons (Fsp3) is 0.346. The molecule has 2 amide bonds. The van der Waals surface area contributed by atoms with Gasteiger partial charge in [0.05, 0.1) is 25.5 Å². The van der Waals surface area contributed by atoms with Crippen LogP contribution in [0.3, 0.4) is 0 Å². The van der Waals surface area contributed by atoms with Crippen LogP contribution in [-0.2, 0) is 16.0 Å². The molecule has 9 nitrogen and oxygen atoms in total. The van der Waals surface area contributed by atoms with E-state index in [1.165, 1.54) is 0 Å². The Kier molecular flexibility index (Phi) is 8.34. The number of carbonyl (C=O) groups is 2. The highest BCUT2D eigenvalue weighted by atomic mass is 16.5. The normalized spacial score (nSPS) is 13.3. The summed E-state index contributed by atoms with van der Waals surface area (Å²) in [6.45, 7) is 4.87. The van der Waals surface area contributed by atoms with Crippen molar-refractivity contribution in [2.45, 2.75) is 13.3 Å². The number of morpholine rings is 1. The van der Waals surface area contributed by atoms with Crippen LogP contribution in [0.1, 0.15) is 22.8 Å². The summed E-state index contributed by atoms with van der Waals surface area (Å²) in [5.74, 6) is 0.566. The number of ether oxygens (including phenoxy) is 3. The van der Waals surface area contributed by atoms with Crippen LogP contribution in [0.4, 0.5) is 0 Å². The topological polar surface area (TPSA) is 94.9 Å². The second-order valence-corrected chi connectivity index (χ2v) is 8.00. The second kappa shape index (κ2) is 12.0. The van der Waals surface area contributed by atoms with Crippen molar-refractivity contribution in [1.29, 1.82) is 0 Å². The van der Waals surface area contributed by atoms with Gasteiger partial charge in [0, 0.05) is 37.6 Å². The molecule has 0 aliphatic carbocycles. The number of benzene rings is 2. The second-order valence-electron chi connectivity index (χ2n) is 8.00. The number of hydrogen-bond donors (Lipinski definition) is 1. The molecule has 184 valence electrons. The van der Waals surface area contributed by atoms with E-state index in [2.05, 4.69) is 10.4 Å². The molecule has 0 saturated carbocycles. The highest BCUT2D eigenvalue weighted by molar-refractivity contribution is 5.94. The molecule has 1 aromatic heterocycles. The number of nitrogens with zero attached hydrogens (tertiary/aromatic N) is 3. The van der Waals surface area contributed by atoms with Gasteiger partial charge in [-0.1, -0.05) is 12.1 Å². The third kappa shape index (κ3) is 6.60. The van der Waals surface area contributed by atoms with Gasteiger partial charge in [-0.05, 0) is 55.3 Å². The summed E-state index contributed by atoms with van der Waals surface area (Å²) < 4.78 is 18.5. The fourth-order valence-corrected chi connectivity index (χ4v) is 3.74. The summed E-state index contributed by atoms with van der Waals surface area (Å²) in [5.41, 5.74) is 2.57. The standard InChI is InChI=1S/C26H30N4O5/c1-2-34-24-18-21(6-9-23(24)35-19-25(31)29-14-16-33-17-15-29)26(32)27-12-10-20-4-7-22(8-5-20)30-13-3-11-28-30/h3-9,11,13,18H,2,10,12,14-17,19H2,1H3,(H,27,32). The maximum Gasteiger partial charge on any atom is 0.260 e. The van der Waals surface area contributed by atoms with Crippen LogP contribution < -0.4 is 14.8 Å². The Morgan fingerprint density at radius 2 is 1.86 bits per heavy atom. The molecular formula is C26H30N4O5. The Balaban J connectivity index is 1.30. The zero-order valence-corrected chi connectivity index (χ0v) is 19.8. The molecule has 1 aliphatic heterocycles. The van der Waals surface area contributed by atoms with Gasteiger partial charge in [0.25, 0.3) is 11.8 Å². The van der Waals surface area contributed by atoms with Crippen LogP contribution in [0.2, 0.25) is 0 Å². The van der Waals surface area contributed by atoms with E-state index < -0.39 is 0 Å². The molecule has 1 aliphatic rings. The number of rotatable bonds is 10. The zero-order valence-electron chi connectivity index (χ0n) is 19.8. The Labute approximate surface area is 204 Å². The van der Waals surface area contributed by atoms with E-state index in [4.69, 9.17) is 14.2 Å². The van der Waals surface area contributed by atoms with Crippen molar-refractivity contribution in [2.75, 3.05) is 46.1 Å². The summed E-state index contributed by atoms with van der Waals surface area (Å²) in [7, 11) is 0. The van der Waals surface area contributed by atoms with E-state index in [-0.39, 0.29) is 18.4 Å². The Hall–Kier alpha value is -3.85. The molecule has 0 atom stereocenters. The average Bonchev–Trinajstić information content (AvgIpc) is 3.44. The summed E-state index contributed by atoms with van der Waals surface area (Å²) >= 11 is 0. The van der Waals surface area contributed by atoms with Crippen LogP contribution in [-0.4, -0.2) is 72.6 Å². The highest BCUT2D eigenvalue weighted by Crippen LogP contribution is 2.28. The molecular weight excluding hydrogens is 448 g/mol. The van der Waals surface area contributed by atoms with Crippen molar-refractivity contribution in [3.05, 3.63) is 72.1 Å². The van der Waals surface area contributed by atoms with E-state index in [1.807, 2.05) is 43.5 Å². The van der Waals surface area contributed by atoms with Gasteiger partial charge in [-0.15, -0.1) is 0 Å². The average molecular weight is 479 g/mol. The van der Waals surface area contributed by atoms with Crippen LogP contribution in [0.25, 0.3) is 5.69 Å². The predicted octanol–water partition coefficient (Wildman–Crippen LogP) is 2.48. The summed E-state index contributed by atoms with van der Waals surface area (Å²) in [6.07, 6.45) is 4.34. The van der Waals surface area contributed by atoms with Crippen LogP contribution in [0, 0.1) is 0 Å². The molecule has 1 fully saturated rings. The lowest BCUT2D eigenvalue weighted by Gasteiger charge is -2.26. The first-order valence-electron chi connectivity index (χ1n) is 11.8. The number of amides is 2. The summed E-state index contributed by atoms with van der Waals surface area (Å²) in [5, 5.41) is 7.17. The minimum absolute atomic E-state index is 0.0925. The first-order chi connectivity index (χ1) is 17.1. The first-order valence-corrected chi connectivity index (χ1v) is 11.8.